The fraction of sp³-hybridized carbons (Fsp3) is 0.182. The van der Waals surface area contributed by atoms with Crippen LogP contribution in [0.3, 0.4) is 0 Å². The molecular weight excluding hydrogens is 146 g/mol. The third-order valence-corrected chi connectivity index (χ3v) is 1.61. The quantitative estimate of drug-likeness (QED) is 0.588. The molecule has 0 aliphatic heterocycles. The van der Waals surface area contributed by atoms with Gasteiger partial charge in [0, 0.05) is 11.9 Å². The topological polar surface area (TPSA) is 12.4 Å². The first-order chi connectivity index (χ1) is 5.84. The molecule has 1 aromatic rings. The highest BCUT2D eigenvalue weighted by molar-refractivity contribution is 5.98. The normalized spacial score (nSPS) is 12.3. The second-order valence-corrected chi connectivity index (χ2v) is 2.56. The maximum Gasteiger partial charge on any atom is 0.0444 e. The summed E-state index contributed by atoms with van der Waals surface area (Å²) in [4.78, 5) is 4.25. The summed E-state index contributed by atoms with van der Waals surface area (Å²) < 4.78 is 0. The van der Waals surface area contributed by atoms with Crippen molar-refractivity contribution in [1.82, 2.24) is 0 Å². The third kappa shape index (κ3) is 2.35. The van der Waals surface area contributed by atoms with Gasteiger partial charge < -0.3 is 0 Å². The van der Waals surface area contributed by atoms with Crippen LogP contribution in [0.2, 0.25) is 0 Å². The van der Waals surface area contributed by atoms with Crippen molar-refractivity contribution in [3.63, 3.8) is 0 Å². The van der Waals surface area contributed by atoms with Gasteiger partial charge in [-0.2, -0.15) is 0 Å². The Morgan fingerprint density at radius 3 is 2.50 bits per heavy atom. The monoisotopic (exact) mass is 159 g/mol. The Balaban J connectivity index is 2.85. The largest absolute Gasteiger partial charge is 0.261 e. The highest BCUT2D eigenvalue weighted by Gasteiger charge is 1.91. The lowest BCUT2D eigenvalue weighted by molar-refractivity contribution is 1.47. The standard InChI is InChI=1S/C11H13N/c1-3-9-12-10(2)11-7-5-4-6-8-11/h3-9H,1-2H3/b9-3-,12-10?. The van der Waals surface area contributed by atoms with Gasteiger partial charge >= 0.3 is 0 Å². The van der Waals surface area contributed by atoms with Crippen LogP contribution in [0.5, 0.6) is 0 Å². The van der Waals surface area contributed by atoms with Crippen LogP contribution < -0.4 is 0 Å². The van der Waals surface area contributed by atoms with Gasteiger partial charge in [-0.05, 0) is 19.4 Å². The molecule has 0 aliphatic carbocycles. The van der Waals surface area contributed by atoms with Crippen molar-refractivity contribution in [2.24, 2.45) is 4.99 Å². The molecule has 0 amide bonds. The minimum atomic E-state index is 1.05. The Morgan fingerprint density at radius 1 is 1.25 bits per heavy atom. The minimum Gasteiger partial charge on any atom is -0.261 e. The van der Waals surface area contributed by atoms with Crippen molar-refractivity contribution in [2.75, 3.05) is 0 Å². The number of aliphatic imine (C=N–C) groups is 1. The van der Waals surface area contributed by atoms with Gasteiger partial charge in [0.25, 0.3) is 0 Å². The van der Waals surface area contributed by atoms with Gasteiger partial charge in [0.05, 0.1) is 0 Å². The van der Waals surface area contributed by atoms with Crippen LogP contribution in [-0.2, 0) is 0 Å². The summed E-state index contributed by atoms with van der Waals surface area (Å²) in [6.45, 7) is 3.97. The first-order valence-corrected chi connectivity index (χ1v) is 4.05. The fourth-order valence-corrected chi connectivity index (χ4v) is 0.940. The lowest BCUT2D eigenvalue weighted by Crippen LogP contribution is -1.91. The van der Waals surface area contributed by atoms with Gasteiger partial charge in [-0.1, -0.05) is 36.4 Å². The third-order valence-electron chi connectivity index (χ3n) is 1.61. The van der Waals surface area contributed by atoms with Crippen LogP contribution in [0.4, 0.5) is 0 Å². The Morgan fingerprint density at radius 2 is 1.92 bits per heavy atom. The zero-order chi connectivity index (χ0) is 8.81. The molecule has 0 fully saturated rings. The predicted molar refractivity (Wildman–Crippen MR) is 53.5 cm³/mol. The van der Waals surface area contributed by atoms with Gasteiger partial charge in [-0.25, -0.2) is 0 Å². The Kier molecular flexibility index (Phi) is 3.27. The number of rotatable bonds is 2. The van der Waals surface area contributed by atoms with Gasteiger partial charge in [-0.15, -0.1) is 0 Å². The van der Waals surface area contributed by atoms with E-state index in [-0.39, 0.29) is 0 Å². The molecule has 0 unspecified atom stereocenters. The molecule has 0 spiro atoms. The first kappa shape index (κ1) is 8.72. The maximum atomic E-state index is 4.25. The summed E-state index contributed by atoms with van der Waals surface area (Å²) >= 11 is 0. The average molecular weight is 159 g/mol. The molecule has 0 aromatic heterocycles. The first-order valence-electron chi connectivity index (χ1n) is 4.05. The molecule has 0 saturated carbocycles. The summed E-state index contributed by atoms with van der Waals surface area (Å²) in [5, 5.41) is 0. The highest BCUT2D eigenvalue weighted by Crippen LogP contribution is 2.00. The SMILES string of the molecule is C/C=C\N=C(C)c1ccccc1. The molecular formula is C11H13N. The lowest BCUT2D eigenvalue weighted by Gasteiger charge is -1.96. The average Bonchev–Trinajstić information content (AvgIpc) is 2.15. The van der Waals surface area contributed by atoms with Crippen LogP contribution in [0.25, 0.3) is 0 Å². The molecule has 12 heavy (non-hydrogen) atoms. The Bertz CT molecular complexity index is 283. The van der Waals surface area contributed by atoms with E-state index in [1.54, 1.807) is 0 Å². The smallest absolute Gasteiger partial charge is 0.0444 e. The van der Waals surface area contributed by atoms with E-state index < -0.39 is 0 Å². The summed E-state index contributed by atoms with van der Waals surface area (Å²) in [5.74, 6) is 0. The summed E-state index contributed by atoms with van der Waals surface area (Å²) in [5.41, 5.74) is 2.23. The van der Waals surface area contributed by atoms with Crippen LogP contribution in [0, 0.1) is 0 Å². The molecule has 1 nitrogen and oxygen atoms in total. The van der Waals surface area contributed by atoms with Gasteiger partial charge in [0.2, 0.25) is 0 Å². The molecule has 0 aliphatic rings. The van der Waals surface area contributed by atoms with E-state index in [9.17, 15) is 0 Å². The molecule has 0 N–H and O–H groups in total. The van der Waals surface area contributed by atoms with Crippen molar-refractivity contribution in [3.8, 4) is 0 Å². The molecule has 0 heterocycles. The molecule has 1 aromatic carbocycles. The Hall–Kier alpha value is -1.37. The van der Waals surface area contributed by atoms with E-state index in [4.69, 9.17) is 0 Å². The van der Waals surface area contributed by atoms with E-state index in [1.165, 1.54) is 5.56 Å². The van der Waals surface area contributed by atoms with Crippen molar-refractivity contribution in [3.05, 3.63) is 48.2 Å². The van der Waals surface area contributed by atoms with E-state index in [0.717, 1.165) is 5.71 Å². The van der Waals surface area contributed by atoms with Crippen molar-refractivity contribution in [1.29, 1.82) is 0 Å². The van der Waals surface area contributed by atoms with E-state index >= 15 is 0 Å². The van der Waals surface area contributed by atoms with Crippen LogP contribution >= 0.6 is 0 Å². The number of allylic oxidation sites excluding steroid dienone is 1. The predicted octanol–water partition coefficient (Wildman–Crippen LogP) is 3.03. The molecule has 0 atom stereocenters. The molecule has 0 bridgehead atoms. The molecule has 1 heteroatoms. The number of benzene rings is 1. The summed E-state index contributed by atoms with van der Waals surface area (Å²) in [7, 11) is 0. The van der Waals surface area contributed by atoms with Crippen LogP contribution in [-0.4, -0.2) is 5.71 Å². The van der Waals surface area contributed by atoms with E-state index in [2.05, 4.69) is 17.1 Å². The highest BCUT2D eigenvalue weighted by atomic mass is 14.7. The summed E-state index contributed by atoms with van der Waals surface area (Å²) in [6, 6.07) is 10.2. The lowest BCUT2D eigenvalue weighted by atomic mass is 10.1. The second kappa shape index (κ2) is 4.50. The van der Waals surface area contributed by atoms with Gasteiger partial charge in [0.15, 0.2) is 0 Å². The molecule has 1 rings (SSSR count). The van der Waals surface area contributed by atoms with Crippen LogP contribution in [0.15, 0.2) is 47.6 Å². The van der Waals surface area contributed by atoms with Gasteiger partial charge in [-0.3, -0.25) is 4.99 Å². The van der Waals surface area contributed by atoms with Crippen molar-refractivity contribution < 1.29 is 0 Å². The fourth-order valence-electron chi connectivity index (χ4n) is 0.940. The molecule has 0 radical (unpaired) electrons. The number of hydrogen-bond donors (Lipinski definition) is 0. The zero-order valence-electron chi connectivity index (χ0n) is 7.49. The van der Waals surface area contributed by atoms with Gasteiger partial charge in [0.1, 0.15) is 0 Å². The van der Waals surface area contributed by atoms with Crippen molar-refractivity contribution >= 4 is 5.71 Å². The molecule has 0 saturated heterocycles. The zero-order valence-corrected chi connectivity index (χ0v) is 7.49. The van der Waals surface area contributed by atoms with E-state index in [1.807, 2.05) is 44.3 Å². The van der Waals surface area contributed by atoms with Crippen molar-refractivity contribution in [2.45, 2.75) is 13.8 Å². The number of nitrogens with zero attached hydrogens (tertiary/aromatic N) is 1. The maximum absolute atomic E-state index is 4.25. The minimum absolute atomic E-state index is 1.05. The second-order valence-electron chi connectivity index (χ2n) is 2.56. The van der Waals surface area contributed by atoms with Crippen LogP contribution in [0.1, 0.15) is 19.4 Å². The number of hydrogen-bond acceptors (Lipinski definition) is 1. The Labute approximate surface area is 73.5 Å². The summed E-state index contributed by atoms with van der Waals surface area (Å²) in [6.07, 6.45) is 3.73. The molecule has 62 valence electrons. The van der Waals surface area contributed by atoms with E-state index in [0.29, 0.717) is 0 Å².